The summed E-state index contributed by atoms with van der Waals surface area (Å²) in [6.07, 6.45) is 2.46. The molecule has 0 bridgehead atoms. The molecule has 5 nitrogen and oxygen atoms in total. The van der Waals surface area contributed by atoms with Gasteiger partial charge in [0.1, 0.15) is 0 Å². The second-order valence-electron chi connectivity index (χ2n) is 4.52. The SMILES string of the molecule is CCC(C)C(=O)NCCN1CCCCS1(=O)=O. The average molecular weight is 262 g/mol. The molecule has 1 atom stereocenters. The van der Waals surface area contributed by atoms with Crippen LogP contribution in [-0.4, -0.2) is 44.0 Å². The van der Waals surface area contributed by atoms with Crippen LogP contribution in [0.25, 0.3) is 0 Å². The Labute approximate surface area is 104 Å². The Balaban J connectivity index is 2.33. The number of nitrogens with zero attached hydrogens (tertiary/aromatic N) is 1. The van der Waals surface area contributed by atoms with E-state index in [1.165, 1.54) is 4.31 Å². The van der Waals surface area contributed by atoms with Gasteiger partial charge in [0, 0.05) is 25.6 Å². The molecule has 0 aliphatic carbocycles. The zero-order valence-electron chi connectivity index (χ0n) is 10.6. The number of rotatable bonds is 5. The molecule has 1 fully saturated rings. The quantitative estimate of drug-likeness (QED) is 0.788. The summed E-state index contributed by atoms with van der Waals surface area (Å²) in [5.41, 5.74) is 0. The van der Waals surface area contributed by atoms with Crippen molar-refractivity contribution in [3.8, 4) is 0 Å². The van der Waals surface area contributed by atoms with Crippen molar-refractivity contribution >= 4 is 15.9 Å². The molecule has 1 unspecified atom stereocenters. The minimum atomic E-state index is -3.07. The zero-order chi connectivity index (χ0) is 12.9. The maximum absolute atomic E-state index is 11.7. The number of hydrogen-bond acceptors (Lipinski definition) is 3. The minimum Gasteiger partial charge on any atom is -0.355 e. The van der Waals surface area contributed by atoms with Gasteiger partial charge in [-0.05, 0) is 19.3 Å². The van der Waals surface area contributed by atoms with Gasteiger partial charge in [-0.25, -0.2) is 12.7 Å². The fraction of sp³-hybridized carbons (Fsp3) is 0.909. The van der Waals surface area contributed by atoms with Crippen LogP contribution in [-0.2, 0) is 14.8 Å². The second-order valence-corrected chi connectivity index (χ2v) is 6.61. The van der Waals surface area contributed by atoms with Gasteiger partial charge in [-0.3, -0.25) is 4.79 Å². The highest BCUT2D eigenvalue weighted by molar-refractivity contribution is 7.89. The van der Waals surface area contributed by atoms with Crippen LogP contribution in [0, 0.1) is 5.92 Å². The molecule has 17 heavy (non-hydrogen) atoms. The van der Waals surface area contributed by atoms with Gasteiger partial charge >= 0.3 is 0 Å². The monoisotopic (exact) mass is 262 g/mol. The van der Waals surface area contributed by atoms with Crippen LogP contribution in [0.2, 0.25) is 0 Å². The number of carbonyl (C=O) groups excluding carboxylic acids is 1. The first kappa shape index (κ1) is 14.4. The van der Waals surface area contributed by atoms with E-state index in [-0.39, 0.29) is 17.6 Å². The smallest absolute Gasteiger partial charge is 0.222 e. The molecule has 1 rings (SSSR count). The molecule has 100 valence electrons. The van der Waals surface area contributed by atoms with Crippen LogP contribution in [0.15, 0.2) is 0 Å². The van der Waals surface area contributed by atoms with E-state index in [0.29, 0.717) is 19.6 Å². The van der Waals surface area contributed by atoms with Crippen LogP contribution in [0.1, 0.15) is 33.1 Å². The number of nitrogens with one attached hydrogen (secondary N) is 1. The van der Waals surface area contributed by atoms with Crippen LogP contribution in [0.3, 0.4) is 0 Å². The summed E-state index contributed by atoms with van der Waals surface area (Å²) in [6.45, 7) is 5.21. The number of sulfonamides is 1. The number of amides is 1. The lowest BCUT2D eigenvalue weighted by Gasteiger charge is -2.26. The third-order valence-corrected chi connectivity index (χ3v) is 5.13. The summed E-state index contributed by atoms with van der Waals surface area (Å²) in [5.74, 6) is 0.238. The van der Waals surface area contributed by atoms with Gasteiger partial charge in [-0.1, -0.05) is 13.8 Å². The molecule has 0 radical (unpaired) electrons. The Morgan fingerprint density at radius 3 is 2.71 bits per heavy atom. The lowest BCUT2D eigenvalue weighted by Crippen LogP contribution is -2.43. The first-order valence-corrected chi connectivity index (χ1v) is 7.84. The average Bonchev–Trinajstić information content (AvgIpc) is 2.29. The first-order chi connectivity index (χ1) is 7.97. The summed E-state index contributed by atoms with van der Waals surface area (Å²) < 4.78 is 24.8. The molecule has 1 amide bonds. The van der Waals surface area contributed by atoms with E-state index in [1.807, 2.05) is 13.8 Å². The second kappa shape index (κ2) is 6.35. The summed E-state index contributed by atoms with van der Waals surface area (Å²) >= 11 is 0. The molecule has 6 heteroatoms. The summed E-state index contributed by atoms with van der Waals surface area (Å²) in [5, 5.41) is 2.77. The van der Waals surface area contributed by atoms with Gasteiger partial charge in [0.15, 0.2) is 0 Å². The van der Waals surface area contributed by atoms with E-state index in [9.17, 15) is 13.2 Å². The fourth-order valence-electron chi connectivity index (χ4n) is 1.76. The highest BCUT2D eigenvalue weighted by atomic mass is 32.2. The predicted octanol–water partition coefficient (Wildman–Crippen LogP) is 0.574. The largest absolute Gasteiger partial charge is 0.355 e. The van der Waals surface area contributed by atoms with Crippen molar-refractivity contribution in [3.63, 3.8) is 0 Å². The van der Waals surface area contributed by atoms with Gasteiger partial charge in [0.05, 0.1) is 5.75 Å². The maximum Gasteiger partial charge on any atom is 0.222 e. The van der Waals surface area contributed by atoms with E-state index in [1.54, 1.807) is 0 Å². The van der Waals surface area contributed by atoms with E-state index in [4.69, 9.17) is 0 Å². The van der Waals surface area contributed by atoms with Gasteiger partial charge in [-0.2, -0.15) is 0 Å². The molecule has 1 heterocycles. The lowest BCUT2D eigenvalue weighted by atomic mass is 10.1. The molecular formula is C11H22N2O3S. The zero-order valence-corrected chi connectivity index (χ0v) is 11.4. The molecule has 0 aromatic heterocycles. The van der Waals surface area contributed by atoms with Crippen LogP contribution >= 0.6 is 0 Å². The van der Waals surface area contributed by atoms with Crippen LogP contribution in [0.4, 0.5) is 0 Å². The molecule has 1 aliphatic heterocycles. The highest BCUT2D eigenvalue weighted by Gasteiger charge is 2.25. The van der Waals surface area contributed by atoms with Crippen LogP contribution < -0.4 is 5.32 Å². The minimum absolute atomic E-state index is 0.00177. The van der Waals surface area contributed by atoms with Crippen LogP contribution in [0.5, 0.6) is 0 Å². The molecule has 0 spiro atoms. The Kier molecular flexibility index (Phi) is 5.39. The van der Waals surface area contributed by atoms with Crippen molar-refractivity contribution in [1.82, 2.24) is 9.62 Å². The predicted molar refractivity (Wildman–Crippen MR) is 67.1 cm³/mol. The van der Waals surface area contributed by atoms with E-state index in [0.717, 1.165) is 19.3 Å². The van der Waals surface area contributed by atoms with Crippen molar-refractivity contribution < 1.29 is 13.2 Å². The van der Waals surface area contributed by atoms with Crippen molar-refractivity contribution in [2.75, 3.05) is 25.4 Å². The molecular weight excluding hydrogens is 240 g/mol. The van der Waals surface area contributed by atoms with E-state index < -0.39 is 10.0 Å². The van der Waals surface area contributed by atoms with Gasteiger partial charge in [0.2, 0.25) is 15.9 Å². The summed E-state index contributed by atoms with van der Waals surface area (Å²) in [7, 11) is -3.07. The van der Waals surface area contributed by atoms with E-state index >= 15 is 0 Å². The van der Waals surface area contributed by atoms with Crippen molar-refractivity contribution in [2.45, 2.75) is 33.1 Å². The third-order valence-electron chi connectivity index (χ3n) is 3.17. The Morgan fingerprint density at radius 1 is 1.41 bits per heavy atom. The van der Waals surface area contributed by atoms with Gasteiger partial charge in [0.25, 0.3) is 0 Å². The normalized spacial score (nSPS) is 22.0. The first-order valence-electron chi connectivity index (χ1n) is 6.23. The Hall–Kier alpha value is -0.620. The maximum atomic E-state index is 11.7. The lowest BCUT2D eigenvalue weighted by molar-refractivity contribution is -0.124. The van der Waals surface area contributed by atoms with Gasteiger partial charge in [-0.15, -0.1) is 0 Å². The molecule has 1 saturated heterocycles. The number of carbonyl (C=O) groups is 1. The Morgan fingerprint density at radius 2 is 2.12 bits per heavy atom. The van der Waals surface area contributed by atoms with E-state index in [2.05, 4.69) is 5.32 Å². The van der Waals surface area contributed by atoms with Gasteiger partial charge < -0.3 is 5.32 Å². The highest BCUT2D eigenvalue weighted by Crippen LogP contribution is 2.12. The van der Waals surface area contributed by atoms with Crippen molar-refractivity contribution in [1.29, 1.82) is 0 Å². The fourth-order valence-corrected chi connectivity index (χ4v) is 3.36. The molecule has 0 aromatic rings. The Bertz CT molecular complexity index is 354. The number of hydrogen-bond donors (Lipinski definition) is 1. The third kappa shape index (κ3) is 4.27. The van der Waals surface area contributed by atoms with Crippen molar-refractivity contribution in [3.05, 3.63) is 0 Å². The summed E-state index contributed by atoms with van der Waals surface area (Å²) in [6, 6.07) is 0. The topological polar surface area (TPSA) is 66.5 Å². The molecule has 0 aromatic carbocycles. The molecule has 0 saturated carbocycles. The molecule has 1 aliphatic rings. The van der Waals surface area contributed by atoms with Crippen molar-refractivity contribution in [2.24, 2.45) is 5.92 Å². The summed E-state index contributed by atoms with van der Waals surface area (Å²) in [4.78, 5) is 11.5. The molecule has 1 N–H and O–H groups in total. The standard InChI is InChI=1S/C11H22N2O3S/c1-3-10(2)11(14)12-6-8-13-7-4-5-9-17(13,15)16/h10H,3-9H2,1-2H3,(H,12,14).